The maximum atomic E-state index is 4.28. The predicted octanol–water partition coefficient (Wildman–Crippen LogP) is 2.49. The van der Waals surface area contributed by atoms with Gasteiger partial charge in [0.15, 0.2) is 0 Å². The summed E-state index contributed by atoms with van der Waals surface area (Å²) in [5.41, 5.74) is 4.64. The lowest BCUT2D eigenvalue weighted by Crippen LogP contribution is -1.93. The maximum absolute atomic E-state index is 4.28. The fourth-order valence-corrected chi connectivity index (χ4v) is 2.13. The second-order valence-corrected chi connectivity index (χ2v) is 3.41. The van der Waals surface area contributed by atoms with Gasteiger partial charge in [0.05, 0.1) is 16.1 Å². The summed E-state index contributed by atoms with van der Waals surface area (Å²) >= 11 is 1.75. The average molecular weight is 151 g/mol. The molecule has 52 valence electrons. The number of allylic oxidation sites excluding steroid dienone is 2. The van der Waals surface area contributed by atoms with E-state index in [2.05, 4.69) is 18.0 Å². The van der Waals surface area contributed by atoms with Crippen LogP contribution < -0.4 is 0 Å². The highest BCUT2D eigenvalue weighted by Gasteiger charge is 2.10. The summed E-state index contributed by atoms with van der Waals surface area (Å²) in [6.45, 7) is 2.16. The largest absolute Gasteiger partial charge is 0.249 e. The zero-order chi connectivity index (χ0) is 6.97. The molecule has 0 atom stereocenters. The molecule has 0 saturated carbocycles. The van der Waals surface area contributed by atoms with E-state index in [0.29, 0.717) is 0 Å². The number of aryl methyl sites for hydroxylation is 1. The Balaban J connectivity index is 2.55. The zero-order valence-electron chi connectivity index (χ0n) is 5.92. The molecule has 1 aromatic rings. The molecule has 2 heteroatoms. The van der Waals surface area contributed by atoms with Crippen LogP contribution in [-0.2, 0) is 6.42 Å². The van der Waals surface area contributed by atoms with Crippen molar-refractivity contribution >= 4 is 16.9 Å². The first-order chi connectivity index (χ1) is 4.88. The number of hydrogen-bond acceptors (Lipinski definition) is 2. The van der Waals surface area contributed by atoms with E-state index in [-0.39, 0.29) is 0 Å². The Morgan fingerprint density at radius 2 is 2.50 bits per heavy atom. The second-order valence-electron chi connectivity index (χ2n) is 2.55. The summed E-state index contributed by atoms with van der Waals surface area (Å²) in [5.74, 6) is 0. The quantitative estimate of drug-likeness (QED) is 0.555. The summed E-state index contributed by atoms with van der Waals surface area (Å²) in [6, 6.07) is 0. The Labute approximate surface area is 64.4 Å². The number of hydrogen-bond donors (Lipinski definition) is 0. The first kappa shape index (κ1) is 6.10. The van der Waals surface area contributed by atoms with Crippen LogP contribution in [0.2, 0.25) is 0 Å². The van der Waals surface area contributed by atoms with Crippen LogP contribution >= 0.6 is 11.3 Å². The van der Waals surface area contributed by atoms with E-state index in [9.17, 15) is 0 Å². The van der Waals surface area contributed by atoms with Gasteiger partial charge in [-0.3, -0.25) is 0 Å². The molecule has 10 heavy (non-hydrogen) atoms. The van der Waals surface area contributed by atoms with E-state index in [1.54, 1.807) is 11.3 Å². The van der Waals surface area contributed by atoms with Gasteiger partial charge >= 0.3 is 0 Å². The van der Waals surface area contributed by atoms with E-state index in [1.807, 2.05) is 5.51 Å². The Bertz CT molecular complexity index is 273. The van der Waals surface area contributed by atoms with Crippen molar-refractivity contribution < 1.29 is 0 Å². The highest BCUT2D eigenvalue weighted by atomic mass is 32.1. The number of aromatic nitrogens is 1. The van der Waals surface area contributed by atoms with E-state index in [1.165, 1.54) is 22.6 Å². The monoisotopic (exact) mass is 151 g/mol. The van der Waals surface area contributed by atoms with Gasteiger partial charge in [-0.05, 0) is 25.3 Å². The summed E-state index contributed by atoms with van der Waals surface area (Å²) < 4.78 is 0. The molecule has 1 nitrogen and oxygen atoms in total. The molecule has 1 heterocycles. The predicted molar refractivity (Wildman–Crippen MR) is 44.1 cm³/mol. The van der Waals surface area contributed by atoms with Crippen LogP contribution in [0.25, 0.3) is 5.57 Å². The average Bonchev–Trinajstić information content (AvgIpc) is 2.36. The Morgan fingerprint density at radius 1 is 1.60 bits per heavy atom. The smallest absolute Gasteiger partial charge is 0.0801 e. The Hall–Kier alpha value is -0.630. The topological polar surface area (TPSA) is 12.9 Å². The van der Waals surface area contributed by atoms with Gasteiger partial charge in [0.25, 0.3) is 0 Å². The molecule has 1 aliphatic rings. The number of rotatable bonds is 0. The van der Waals surface area contributed by atoms with E-state index in [4.69, 9.17) is 0 Å². The number of nitrogens with zero attached hydrogens (tertiary/aromatic N) is 1. The van der Waals surface area contributed by atoms with Crippen molar-refractivity contribution in [2.24, 2.45) is 0 Å². The highest BCUT2D eigenvalue weighted by Crippen LogP contribution is 2.28. The molecule has 0 aromatic carbocycles. The molecule has 0 radical (unpaired) electrons. The molecule has 0 aliphatic heterocycles. The van der Waals surface area contributed by atoms with Gasteiger partial charge in [-0.25, -0.2) is 4.98 Å². The van der Waals surface area contributed by atoms with E-state index < -0.39 is 0 Å². The third kappa shape index (κ3) is 0.797. The van der Waals surface area contributed by atoms with Crippen LogP contribution in [0.3, 0.4) is 0 Å². The van der Waals surface area contributed by atoms with E-state index in [0.717, 1.165) is 6.42 Å². The minimum Gasteiger partial charge on any atom is -0.249 e. The normalized spacial score (nSPS) is 16.3. The minimum absolute atomic E-state index is 1.14. The van der Waals surface area contributed by atoms with Crippen LogP contribution in [0.4, 0.5) is 0 Å². The summed E-state index contributed by atoms with van der Waals surface area (Å²) in [6.07, 6.45) is 4.60. The molecule has 0 fully saturated rings. The van der Waals surface area contributed by atoms with Crippen molar-refractivity contribution in [3.8, 4) is 0 Å². The van der Waals surface area contributed by atoms with Crippen LogP contribution in [-0.4, -0.2) is 4.98 Å². The lowest BCUT2D eigenvalue weighted by atomic mass is 10.0. The van der Waals surface area contributed by atoms with Crippen molar-refractivity contribution in [3.63, 3.8) is 0 Å². The minimum atomic E-state index is 1.14. The third-order valence-corrected chi connectivity index (χ3v) is 2.84. The molecule has 1 aliphatic carbocycles. The molecular weight excluding hydrogens is 142 g/mol. The fourth-order valence-electron chi connectivity index (χ4n) is 1.29. The highest BCUT2D eigenvalue weighted by molar-refractivity contribution is 7.10. The van der Waals surface area contributed by atoms with Crippen LogP contribution in [0.15, 0.2) is 11.6 Å². The standard InChI is InChI=1S/C8H9NS/c1-6-3-2-4-7-8(6)10-5-9-7/h3,5H,2,4H2,1H3. The lowest BCUT2D eigenvalue weighted by molar-refractivity contribution is 0.938. The van der Waals surface area contributed by atoms with Crippen LogP contribution in [0, 0.1) is 0 Å². The van der Waals surface area contributed by atoms with Crippen molar-refractivity contribution in [1.82, 2.24) is 4.98 Å². The summed E-state index contributed by atoms with van der Waals surface area (Å²) in [5, 5.41) is 0. The molecule has 0 amide bonds. The Morgan fingerprint density at radius 3 is 3.30 bits per heavy atom. The molecule has 0 spiro atoms. The van der Waals surface area contributed by atoms with Gasteiger partial charge < -0.3 is 0 Å². The Kier molecular flexibility index (Phi) is 1.34. The van der Waals surface area contributed by atoms with Crippen molar-refractivity contribution in [2.45, 2.75) is 19.8 Å². The van der Waals surface area contributed by atoms with Crippen molar-refractivity contribution in [2.75, 3.05) is 0 Å². The third-order valence-electron chi connectivity index (χ3n) is 1.83. The van der Waals surface area contributed by atoms with Crippen molar-refractivity contribution in [1.29, 1.82) is 0 Å². The van der Waals surface area contributed by atoms with Gasteiger partial charge in [-0.1, -0.05) is 6.08 Å². The molecule has 0 saturated heterocycles. The molecule has 2 rings (SSSR count). The van der Waals surface area contributed by atoms with E-state index >= 15 is 0 Å². The fraction of sp³-hybridized carbons (Fsp3) is 0.375. The second kappa shape index (κ2) is 2.20. The summed E-state index contributed by atoms with van der Waals surface area (Å²) in [4.78, 5) is 5.68. The van der Waals surface area contributed by atoms with Gasteiger partial charge in [-0.15, -0.1) is 11.3 Å². The van der Waals surface area contributed by atoms with Gasteiger partial charge in [-0.2, -0.15) is 0 Å². The maximum Gasteiger partial charge on any atom is 0.0801 e. The number of fused-ring (bicyclic) bond motifs is 1. The molecule has 1 aromatic heterocycles. The van der Waals surface area contributed by atoms with Gasteiger partial charge in [0.2, 0.25) is 0 Å². The van der Waals surface area contributed by atoms with Crippen LogP contribution in [0.1, 0.15) is 23.9 Å². The van der Waals surface area contributed by atoms with Gasteiger partial charge in [0, 0.05) is 0 Å². The number of thiazole rings is 1. The molecule has 0 bridgehead atoms. The molecule has 0 N–H and O–H groups in total. The first-order valence-electron chi connectivity index (χ1n) is 3.47. The van der Waals surface area contributed by atoms with Crippen molar-refractivity contribution in [3.05, 3.63) is 22.2 Å². The first-order valence-corrected chi connectivity index (χ1v) is 4.35. The van der Waals surface area contributed by atoms with Crippen LogP contribution in [0.5, 0.6) is 0 Å². The lowest BCUT2D eigenvalue weighted by Gasteiger charge is -2.06. The molecule has 0 unspecified atom stereocenters. The zero-order valence-corrected chi connectivity index (χ0v) is 6.74. The SMILES string of the molecule is CC1=CCCc2ncsc21. The summed E-state index contributed by atoms with van der Waals surface area (Å²) in [7, 11) is 0. The molecular formula is C8H9NS. The van der Waals surface area contributed by atoms with Gasteiger partial charge in [0.1, 0.15) is 0 Å².